The van der Waals surface area contributed by atoms with Crippen molar-refractivity contribution in [3.05, 3.63) is 214 Å². The molecule has 12 aromatic rings. The molecule has 0 fully saturated rings. The molecule has 0 aliphatic rings. The van der Waals surface area contributed by atoms with Gasteiger partial charge in [-0.15, -0.1) is 16.4 Å². The highest BCUT2D eigenvalue weighted by Crippen LogP contribution is 2.09. The molecule has 0 radical (unpaired) electrons. The summed E-state index contributed by atoms with van der Waals surface area (Å²) in [6, 6.07) is 12.8. The van der Waals surface area contributed by atoms with Crippen molar-refractivity contribution < 1.29 is 17.9 Å². The van der Waals surface area contributed by atoms with Crippen molar-refractivity contribution in [2.75, 3.05) is 0 Å². The van der Waals surface area contributed by atoms with Crippen LogP contribution in [0.5, 0.6) is 0 Å². The first kappa shape index (κ1) is 193. The standard InChI is InChI=1S/C6H10N2O.C4H4N2.C4H4O.11C4H10.C3H3N3.2C3H4N2.2C3H3NO.2C3H3NS.2C2H3N3.11C2H6.3CH4/c1-4(2)6-7-5(3)8-9-6;1-2-4-6-5-3-1;1-2-4-5-3-1;11*1-4(2)3;1-2-5-6-3-4-1;1-2-5-3-4-1;1-2-4-5-3-1;1-2-5-3-4-1;1-2-4-5-3-1;1-2-5-3-4-1;1-2-4-5-3-1;1-3-2-5-4-1;1-2-4-5-3-1;11*1-2;;;/h4H,1-3H3;1-4H;1-4H;11*4H,1-3H3;1-3H;2*1-3H,(H,4,5);4*1-3H;2*1-2H,(H,3,4,5);11*1-2H3;3*1H4. The lowest BCUT2D eigenvalue weighted by Crippen LogP contribution is -1.85. The minimum absolute atomic E-state index is 0. The van der Waals surface area contributed by atoms with Gasteiger partial charge in [0.25, 0.3) is 0 Å². The lowest BCUT2D eigenvalue weighted by atomic mass is 10.2. The van der Waals surface area contributed by atoms with Crippen molar-refractivity contribution in [1.82, 2.24) is 106 Å². The van der Waals surface area contributed by atoms with Gasteiger partial charge in [0.1, 0.15) is 31.5 Å². The predicted octanol–water partition coefficient (Wildman–Crippen LogP) is 38.7. The first-order valence-electron chi connectivity index (χ1n) is 48.6. The Balaban J connectivity index is -0.0000000404. The fraction of sp³-hybridized carbons (Fsp3) is 0.676. The summed E-state index contributed by atoms with van der Waals surface area (Å²) in [5.74, 6) is 10.9. The number of hydrogen-bond donors (Lipinski definition) is 4. The molecule has 12 heterocycles. The van der Waals surface area contributed by atoms with E-state index in [9.17, 15) is 0 Å². The van der Waals surface area contributed by atoms with Crippen molar-refractivity contribution in [2.24, 2.45) is 65.1 Å². The molecule has 0 aliphatic carbocycles. The second kappa shape index (κ2) is 222. The Morgan fingerprint density at radius 3 is 0.800 bits per heavy atom. The molecule has 135 heavy (non-hydrogen) atoms. The van der Waals surface area contributed by atoms with Crippen LogP contribution in [-0.2, 0) is 0 Å². The van der Waals surface area contributed by atoms with E-state index in [1.54, 1.807) is 122 Å². The monoisotopic (exact) mass is 1950 g/mol. The van der Waals surface area contributed by atoms with Crippen LogP contribution < -0.4 is 0 Å². The van der Waals surface area contributed by atoms with E-state index in [0.29, 0.717) is 17.6 Å². The van der Waals surface area contributed by atoms with Crippen molar-refractivity contribution in [1.29, 1.82) is 0 Å². The SMILES string of the molecule is C.C.C.CC.CC.CC.CC.CC.CC.CC.CC.CC.CC.CC.CC(C)C.CC(C)C.CC(C)C.CC(C)C.CC(C)C.CC(C)C.CC(C)C.CC(C)C.CC(C)C.CC(C)C.CC(C)C.Cc1noc(C(C)C)n1.c1c[nH]cn1.c1ccnnc1.c1ccoc1.c1cn[nH]c1.c1cn[nH]n1.c1cnncn1.c1cnoc1.c1cnsc1.c1cocn1.c1cscn1.c1nc[nH]n1. The predicted molar refractivity (Wildman–Crippen MR) is 612 cm³/mol. The molecular formula is C108H235N21O4S2. The van der Waals surface area contributed by atoms with Crippen LogP contribution in [0.25, 0.3) is 0 Å². The third-order valence-electron chi connectivity index (χ3n) is 5.21. The van der Waals surface area contributed by atoms with Crippen LogP contribution in [0.3, 0.4) is 0 Å². The third kappa shape index (κ3) is 509. The Kier molecular flexibility index (Phi) is 317. The van der Waals surface area contributed by atoms with Crippen molar-refractivity contribution >= 4 is 22.9 Å². The highest BCUT2D eigenvalue weighted by Gasteiger charge is 2.05. The summed E-state index contributed by atoms with van der Waals surface area (Å²) >= 11 is 3.06. The number of hydrogen-bond acceptors (Lipinski definition) is 23. The van der Waals surface area contributed by atoms with Gasteiger partial charge in [0.15, 0.2) is 12.2 Å². The number of aromatic nitrogens is 21. The number of H-pyrrole nitrogens is 4. The van der Waals surface area contributed by atoms with E-state index in [0.717, 1.165) is 65.1 Å². The zero-order valence-electron chi connectivity index (χ0n) is 97.0. The fourth-order valence-corrected chi connectivity index (χ4v) is 3.40. The van der Waals surface area contributed by atoms with Crippen molar-refractivity contribution in [3.8, 4) is 0 Å². The molecule has 12 rings (SSSR count). The molecule has 0 bridgehead atoms. The normalized spacial score (nSPS) is 7.51. The average Bonchev–Trinajstić information content (AvgIpc) is 1.78. The minimum atomic E-state index is 0. The molecular weight excluding hydrogens is 1720 g/mol. The highest BCUT2D eigenvalue weighted by atomic mass is 32.1. The number of thiazole rings is 1. The van der Waals surface area contributed by atoms with E-state index in [1.165, 1.54) is 55.6 Å². The zero-order valence-corrected chi connectivity index (χ0v) is 98.7. The van der Waals surface area contributed by atoms with E-state index in [2.05, 4.69) is 348 Å². The minimum Gasteiger partial charge on any atom is -0.473 e. The number of imidazole rings is 1. The Hall–Kier alpha value is -9.11. The summed E-state index contributed by atoms with van der Waals surface area (Å²) in [6.45, 7) is 121. The maximum absolute atomic E-state index is 4.86. The molecule has 0 aromatic carbocycles. The topological polar surface area (TPSA) is 335 Å². The molecule has 0 atom stereocenters. The van der Waals surface area contributed by atoms with Gasteiger partial charge in [-0.25, -0.2) is 24.3 Å². The highest BCUT2D eigenvalue weighted by molar-refractivity contribution is 7.07. The van der Waals surface area contributed by atoms with Gasteiger partial charge >= 0.3 is 0 Å². The Bertz CT molecular complexity index is 2200. The maximum Gasteiger partial charge on any atom is 0.229 e. The number of oxazole rings is 1. The molecule has 0 saturated carbocycles. The van der Waals surface area contributed by atoms with Gasteiger partial charge < -0.3 is 22.9 Å². The Morgan fingerprint density at radius 2 is 0.704 bits per heavy atom. The van der Waals surface area contributed by atoms with Crippen LogP contribution in [-0.4, -0.2) is 106 Å². The second-order valence-electron chi connectivity index (χ2n) is 29.5. The van der Waals surface area contributed by atoms with E-state index in [4.69, 9.17) is 4.52 Å². The lowest BCUT2D eigenvalue weighted by molar-refractivity contribution is 0.362. The number of rotatable bonds is 1. The average molecular weight is 1960 g/mol. The van der Waals surface area contributed by atoms with Crippen molar-refractivity contribution in [2.45, 2.75) is 430 Å². The molecule has 0 saturated heterocycles. The van der Waals surface area contributed by atoms with Gasteiger partial charge in [-0.05, 0) is 126 Å². The first-order chi connectivity index (χ1) is 62.8. The number of aryl methyl sites for hydroxylation is 1. The summed E-state index contributed by atoms with van der Waals surface area (Å²) in [5.41, 5.74) is 1.79. The maximum atomic E-state index is 4.86. The molecule has 808 valence electrons. The van der Waals surface area contributed by atoms with Gasteiger partial charge in [-0.1, -0.05) is 427 Å². The quantitative estimate of drug-likeness (QED) is 0.119. The smallest absolute Gasteiger partial charge is 0.229 e. The summed E-state index contributed by atoms with van der Waals surface area (Å²) < 4.78 is 22.0. The van der Waals surface area contributed by atoms with Crippen LogP contribution in [0.15, 0.2) is 220 Å². The zero-order chi connectivity index (χ0) is 109. The van der Waals surface area contributed by atoms with Crippen LogP contribution in [0, 0.1) is 72.0 Å². The van der Waals surface area contributed by atoms with Crippen LogP contribution >= 0.6 is 22.9 Å². The Morgan fingerprint density at radius 1 is 0.296 bits per heavy atom. The van der Waals surface area contributed by atoms with E-state index < -0.39 is 0 Å². The summed E-state index contributed by atoms with van der Waals surface area (Å²) in [7, 11) is 0. The largest absolute Gasteiger partial charge is 0.473 e. The third-order valence-corrected chi connectivity index (χ3v) is 6.26. The van der Waals surface area contributed by atoms with Crippen LogP contribution in [0.4, 0.5) is 0 Å². The van der Waals surface area contributed by atoms with E-state index in [-0.39, 0.29) is 22.3 Å². The Labute approximate surface area is 850 Å². The number of furan rings is 1. The second-order valence-corrected chi connectivity index (χ2v) is 30.9. The first-order valence-corrected chi connectivity index (χ1v) is 50.4. The number of nitrogens with zero attached hydrogens (tertiary/aromatic N) is 17. The van der Waals surface area contributed by atoms with Crippen LogP contribution in [0.1, 0.15) is 435 Å². The van der Waals surface area contributed by atoms with Gasteiger partial charge in [-0.2, -0.15) is 45.9 Å². The van der Waals surface area contributed by atoms with E-state index in [1.807, 2.05) is 220 Å². The molecule has 0 aliphatic heterocycles. The van der Waals surface area contributed by atoms with E-state index >= 15 is 0 Å². The van der Waals surface area contributed by atoms with Gasteiger partial charge in [0, 0.05) is 72.4 Å². The lowest BCUT2D eigenvalue weighted by Gasteiger charge is -1.91. The molecule has 0 spiro atoms. The summed E-state index contributed by atoms with van der Waals surface area (Å²) in [5, 5.41) is 46.4. The molecule has 0 amide bonds. The fourth-order valence-electron chi connectivity index (χ4n) is 2.70. The van der Waals surface area contributed by atoms with Gasteiger partial charge in [0.2, 0.25) is 5.89 Å². The summed E-state index contributed by atoms with van der Waals surface area (Å²) in [4.78, 5) is 24.9. The summed E-state index contributed by atoms with van der Waals surface area (Å²) in [6.07, 6.45) is 36.8. The van der Waals surface area contributed by atoms with Crippen LogP contribution in [0.2, 0.25) is 0 Å². The van der Waals surface area contributed by atoms with Gasteiger partial charge in [0.05, 0.1) is 55.3 Å². The number of aromatic amines is 4. The molecule has 12 aromatic heterocycles. The number of nitrogens with one attached hydrogen (secondary N) is 4. The van der Waals surface area contributed by atoms with Crippen molar-refractivity contribution in [3.63, 3.8) is 0 Å². The van der Waals surface area contributed by atoms with Gasteiger partial charge in [-0.3, -0.25) is 15.2 Å². The molecule has 25 nitrogen and oxygen atoms in total. The molecule has 4 N–H and O–H groups in total. The molecule has 0 unspecified atom stereocenters. The molecule has 27 heteroatoms.